The number of nitrogens with zero attached hydrogens (tertiary/aromatic N) is 1. The van der Waals surface area contributed by atoms with Crippen LogP contribution in [0.15, 0.2) is 17.5 Å². The van der Waals surface area contributed by atoms with Crippen molar-refractivity contribution < 1.29 is 23.9 Å². The van der Waals surface area contributed by atoms with Crippen LogP contribution in [0.1, 0.15) is 4.88 Å². The number of rotatable bonds is 8. The van der Waals surface area contributed by atoms with Crippen molar-refractivity contribution in [2.24, 2.45) is 0 Å². The van der Waals surface area contributed by atoms with E-state index in [1.807, 2.05) is 17.5 Å². The maximum Gasteiger partial charge on any atom is 0.325 e. The highest BCUT2D eigenvalue weighted by Crippen LogP contribution is 2.17. The van der Waals surface area contributed by atoms with Gasteiger partial charge in [0.25, 0.3) is 0 Å². The van der Waals surface area contributed by atoms with E-state index in [4.69, 9.17) is 0 Å². The fraction of sp³-hybridized carbons (Fsp3) is 0.462. The molecule has 116 valence electrons. The van der Waals surface area contributed by atoms with Crippen molar-refractivity contribution in [1.82, 2.24) is 4.90 Å². The molecule has 0 atom stereocenters. The minimum absolute atomic E-state index is 0.186. The summed E-state index contributed by atoms with van der Waals surface area (Å²) in [6.07, 6.45) is 0. The van der Waals surface area contributed by atoms with Gasteiger partial charge in [0.15, 0.2) is 0 Å². The van der Waals surface area contributed by atoms with Gasteiger partial charge in [0.1, 0.15) is 13.1 Å². The maximum absolute atomic E-state index is 12.1. The molecule has 1 amide bonds. The van der Waals surface area contributed by atoms with Gasteiger partial charge >= 0.3 is 11.9 Å². The van der Waals surface area contributed by atoms with Gasteiger partial charge in [-0.3, -0.25) is 14.4 Å². The number of ether oxygens (including phenoxy) is 2. The van der Waals surface area contributed by atoms with Crippen molar-refractivity contribution >= 4 is 40.9 Å². The summed E-state index contributed by atoms with van der Waals surface area (Å²) >= 11 is 3.05. The van der Waals surface area contributed by atoms with Crippen molar-refractivity contribution in [2.45, 2.75) is 5.75 Å². The van der Waals surface area contributed by atoms with E-state index in [1.54, 1.807) is 11.3 Å². The number of hydrogen-bond acceptors (Lipinski definition) is 7. The van der Waals surface area contributed by atoms with Crippen molar-refractivity contribution in [1.29, 1.82) is 0 Å². The van der Waals surface area contributed by atoms with Gasteiger partial charge in [0.2, 0.25) is 5.91 Å². The molecule has 0 radical (unpaired) electrons. The highest BCUT2D eigenvalue weighted by Gasteiger charge is 2.20. The largest absolute Gasteiger partial charge is 0.468 e. The van der Waals surface area contributed by atoms with Crippen LogP contribution in [-0.4, -0.2) is 55.8 Å². The Morgan fingerprint density at radius 3 is 2.29 bits per heavy atom. The first-order chi connectivity index (χ1) is 10.1. The van der Waals surface area contributed by atoms with Crippen LogP contribution < -0.4 is 0 Å². The fourth-order valence-electron chi connectivity index (χ4n) is 1.40. The average Bonchev–Trinajstić information content (AvgIpc) is 2.99. The van der Waals surface area contributed by atoms with E-state index in [0.29, 0.717) is 5.75 Å². The Kier molecular flexibility index (Phi) is 7.84. The summed E-state index contributed by atoms with van der Waals surface area (Å²) in [6.45, 7) is -0.520. The van der Waals surface area contributed by atoms with E-state index < -0.39 is 11.9 Å². The molecular weight excluding hydrogens is 314 g/mol. The van der Waals surface area contributed by atoms with Crippen LogP contribution >= 0.6 is 23.1 Å². The molecule has 0 aliphatic carbocycles. The van der Waals surface area contributed by atoms with Crippen LogP contribution in [0.2, 0.25) is 0 Å². The summed E-state index contributed by atoms with van der Waals surface area (Å²) < 4.78 is 9.04. The minimum atomic E-state index is -0.574. The average molecular weight is 331 g/mol. The van der Waals surface area contributed by atoms with Gasteiger partial charge in [-0.25, -0.2) is 0 Å². The molecule has 1 rings (SSSR count). The molecule has 1 aromatic heterocycles. The molecule has 0 unspecified atom stereocenters. The van der Waals surface area contributed by atoms with Crippen molar-refractivity contribution in [3.8, 4) is 0 Å². The van der Waals surface area contributed by atoms with Crippen LogP contribution in [0, 0.1) is 0 Å². The fourth-order valence-corrected chi connectivity index (χ4v) is 3.17. The van der Waals surface area contributed by atoms with Crippen LogP contribution in [0.25, 0.3) is 0 Å². The number of methoxy groups -OCH3 is 2. The normalized spacial score (nSPS) is 10.0. The number of thioether (sulfide) groups is 1. The lowest BCUT2D eigenvalue weighted by Crippen LogP contribution is -2.41. The van der Waals surface area contributed by atoms with Gasteiger partial charge in [-0.15, -0.1) is 23.1 Å². The van der Waals surface area contributed by atoms with E-state index >= 15 is 0 Å². The second-order valence-corrected chi connectivity index (χ2v) is 5.99. The number of carbonyl (C=O) groups is 3. The molecule has 0 fully saturated rings. The minimum Gasteiger partial charge on any atom is -0.468 e. The molecule has 1 heterocycles. The molecule has 0 bridgehead atoms. The lowest BCUT2D eigenvalue weighted by Gasteiger charge is -2.19. The third-order valence-corrected chi connectivity index (χ3v) is 4.52. The molecule has 8 heteroatoms. The van der Waals surface area contributed by atoms with Crippen molar-refractivity contribution in [2.75, 3.05) is 33.1 Å². The predicted molar refractivity (Wildman–Crippen MR) is 81.1 cm³/mol. The Hall–Kier alpha value is -1.54. The van der Waals surface area contributed by atoms with Crippen LogP contribution in [0.5, 0.6) is 0 Å². The zero-order chi connectivity index (χ0) is 15.7. The third kappa shape index (κ3) is 6.63. The molecule has 0 N–H and O–H groups in total. The zero-order valence-corrected chi connectivity index (χ0v) is 13.5. The first kappa shape index (κ1) is 17.5. The molecule has 0 spiro atoms. The predicted octanol–water partition coefficient (Wildman–Crippen LogP) is 1.16. The monoisotopic (exact) mass is 331 g/mol. The van der Waals surface area contributed by atoms with Crippen molar-refractivity contribution in [3.63, 3.8) is 0 Å². The van der Waals surface area contributed by atoms with Gasteiger partial charge in [0, 0.05) is 10.6 Å². The number of carbonyl (C=O) groups excluding carboxylic acids is 3. The maximum atomic E-state index is 12.1. The third-order valence-electron chi connectivity index (χ3n) is 2.50. The molecule has 6 nitrogen and oxygen atoms in total. The summed E-state index contributed by atoms with van der Waals surface area (Å²) in [4.78, 5) is 36.9. The zero-order valence-electron chi connectivity index (χ0n) is 11.9. The van der Waals surface area contributed by atoms with E-state index in [2.05, 4.69) is 9.47 Å². The summed E-state index contributed by atoms with van der Waals surface area (Å²) in [7, 11) is 2.46. The Balaban J connectivity index is 2.48. The molecule has 0 aromatic carbocycles. The van der Waals surface area contributed by atoms with Crippen LogP contribution in [0.3, 0.4) is 0 Å². The highest BCUT2D eigenvalue weighted by atomic mass is 32.2. The van der Waals surface area contributed by atoms with E-state index in [0.717, 1.165) is 4.90 Å². The molecule has 0 saturated carbocycles. The van der Waals surface area contributed by atoms with Gasteiger partial charge in [-0.05, 0) is 11.4 Å². The highest BCUT2D eigenvalue weighted by molar-refractivity contribution is 7.99. The number of amides is 1. The van der Waals surface area contributed by atoms with E-state index in [-0.39, 0.29) is 24.7 Å². The SMILES string of the molecule is COC(=O)CN(CC(=O)OC)C(=O)CSCc1cccs1. The quantitative estimate of drug-likeness (QED) is 0.666. The molecule has 1 aromatic rings. The first-order valence-corrected chi connectivity index (χ1v) is 8.11. The van der Waals surface area contributed by atoms with Gasteiger partial charge in [-0.2, -0.15) is 0 Å². The van der Waals surface area contributed by atoms with E-state index in [1.165, 1.54) is 30.9 Å². The summed E-state index contributed by atoms with van der Waals surface area (Å²) in [5, 5.41) is 1.97. The second-order valence-electron chi connectivity index (χ2n) is 3.97. The Labute approximate surface area is 131 Å². The molecule has 0 aliphatic heterocycles. The summed E-state index contributed by atoms with van der Waals surface area (Å²) in [6, 6.07) is 3.94. The summed E-state index contributed by atoms with van der Waals surface area (Å²) in [5.41, 5.74) is 0. The van der Waals surface area contributed by atoms with Gasteiger partial charge in [-0.1, -0.05) is 6.07 Å². The first-order valence-electron chi connectivity index (χ1n) is 6.08. The standard InChI is InChI=1S/C13H17NO5S2/c1-18-12(16)6-14(7-13(17)19-2)11(15)9-20-8-10-4-3-5-21-10/h3-5H,6-9H2,1-2H3. The number of hydrogen-bond donors (Lipinski definition) is 0. The summed E-state index contributed by atoms with van der Waals surface area (Å²) in [5.74, 6) is -0.544. The lowest BCUT2D eigenvalue weighted by atomic mass is 10.4. The lowest BCUT2D eigenvalue weighted by molar-refractivity contribution is -0.151. The van der Waals surface area contributed by atoms with Crippen LogP contribution in [-0.2, 0) is 29.6 Å². The number of esters is 2. The topological polar surface area (TPSA) is 72.9 Å². The smallest absolute Gasteiger partial charge is 0.325 e. The number of thiophene rings is 1. The Morgan fingerprint density at radius 2 is 1.81 bits per heavy atom. The molecule has 21 heavy (non-hydrogen) atoms. The van der Waals surface area contributed by atoms with Crippen LogP contribution in [0.4, 0.5) is 0 Å². The van der Waals surface area contributed by atoms with Crippen molar-refractivity contribution in [3.05, 3.63) is 22.4 Å². The Bertz CT molecular complexity index is 457. The second kappa shape index (κ2) is 9.41. The van der Waals surface area contributed by atoms with Gasteiger partial charge < -0.3 is 14.4 Å². The molecule has 0 saturated heterocycles. The molecule has 0 aliphatic rings. The van der Waals surface area contributed by atoms with Gasteiger partial charge in [0.05, 0.1) is 20.0 Å². The Morgan fingerprint density at radius 1 is 1.19 bits per heavy atom. The molecular formula is C13H17NO5S2. The van der Waals surface area contributed by atoms with E-state index in [9.17, 15) is 14.4 Å².